The van der Waals surface area contributed by atoms with Crippen LogP contribution in [0.4, 0.5) is 11.4 Å². The Morgan fingerprint density at radius 2 is 1.48 bits per heavy atom. The number of sulfonamides is 1. The second-order valence-corrected chi connectivity index (χ2v) is 8.37. The Balaban J connectivity index is 1.55. The number of ether oxygens (including phenoxy) is 2. The van der Waals surface area contributed by atoms with Gasteiger partial charge in [-0.25, -0.2) is 8.42 Å². The number of amides is 1. The van der Waals surface area contributed by atoms with E-state index in [1.807, 2.05) is 26.0 Å². The van der Waals surface area contributed by atoms with Crippen LogP contribution < -0.4 is 19.5 Å². The van der Waals surface area contributed by atoms with E-state index in [4.69, 9.17) is 9.47 Å². The minimum Gasteiger partial charge on any atom is -0.494 e. The lowest BCUT2D eigenvalue weighted by molar-refractivity contribution is -0.118. The fourth-order valence-electron chi connectivity index (χ4n) is 2.75. The van der Waals surface area contributed by atoms with Crippen molar-refractivity contribution in [3.05, 3.63) is 78.4 Å². The molecule has 0 fully saturated rings. The predicted molar refractivity (Wildman–Crippen MR) is 120 cm³/mol. The number of para-hydroxylation sites is 1. The van der Waals surface area contributed by atoms with Crippen molar-refractivity contribution in [3.8, 4) is 11.5 Å². The molecule has 0 unspecified atom stereocenters. The molecule has 0 aromatic heterocycles. The predicted octanol–water partition coefficient (Wildman–Crippen LogP) is 4.21. The number of nitrogens with one attached hydrogen (secondary N) is 2. The summed E-state index contributed by atoms with van der Waals surface area (Å²) in [6.45, 7) is 4.09. The number of anilines is 2. The summed E-state index contributed by atoms with van der Waals surface area (Å²) < 4.78 is 38.5. The quantitative estimate of drug-likeness (QED) is 0.520. The third-order valence-corrected chi connectivity index (χ3v) is 5.72. The Labute approximate surface area is 182 Å². The summed E-state index contributed by atoms with van der Waals surface area (Å²) in [5.74, 6) is 0.780. The summed E-state index contributed by atoms with van der Waals surface area (Å²) >= 11 is 0. The number of carbonyl (C=O) groups excluding carboxylic acids is 1. The van der Waals surface area contributed by atoms with Crippen molar-refractivity contribution < 1.29 is 22.7 Å². The van der Waals surface area contributed by atoms with Crippen LogP contribution in [-0.4, -0.2) is 27.5 Å². The highest BCUT2D eigenvalue weighted by Crippen LogP contribution is 2.21. The first-order valence-corrected chi connectivity index (χ1v) is 11.2. The van der Waals surface area contributed by atoms with E-state index < -0.39 is 10.0 Å². The van der Waals surface area contributed by atoms with Crippen molar-refractivity contribution in [2.24, 2.45) is 0 Å². The standard InChI is InChI=1S/C23H24N2O5S/c1-3-29-19-10-8-18(9-11-19)24-23(26)16-30-20-12-14-21(15-13-20)31(27,28)25-22-7-5-4-6-17(22)2/h4-15,25H,3,16H2,1-2H3,(H,24,26). The van der Waals surface area contributed by atoms with Crippen molar-refractivity contribution in [3.63, 3.8) is 0 Å². The molecule has 162 valence electrons. The Morgan fingerprint density at radius 3 is 2.13 bits per heavy atom. The molecule has 0 radical (unpaired) electrons. The lowest BCUT2D eigenvalue weighted by Gasteiger charge is -2.11. The number of rotatable bonds is 9. The molecule has 0 aliphatic heterocycles. The molecular weight excluding hydrogens is 416 g/mol. The van der Waals surface area contributed by atoms with Crippen LogP contribution in [-0.2, 0) is 14.8 Å². The van der Waals surface area contributed by atoms with Gasteiger partial charge in [0.2, 0.25) is 0 Å². The van der Waals surface area contributed by atoms with Gasteiger partial charge in [-0.1, -0.05) is 18.2 Å². The molecule has 2 N–H and O–H groups in total. The fourth-order valence-corrected chi connectivity index (χ4v) is 3.88. The van der Waals surface area contributed by atoms with E-state index in [0.29, 0.717) is 23.7 Å². The zero-order valence-electron chi connectivity index (χ0n) is 17.3. The highest BCUT2D eigenvalue weighted by atomic mass is 32.2. The zero-order chi connectivity index (χ0) is 22.3. The second-order valence-electron chi connectivity index (χ2n) is 6.69. The normalized spacial score (nSPS) is 10.9. The number of hydrogen-bond donors (Lipinski definition) is 2. The Bertz CT molecular complexity index is 1130. The molecule has 7 nitrogen and oxygen atoms in total. The third kappa shape index (κ3) is 6.23. The van der Waals surface area contributed by atoms with Crippen LogP contribution in [0.25, 0.3) is 0 Å². The van der Waals surface area contributed by atoms with E-state index in [9.17, 15) is 13.2 Å². The SMILES string of the molecule is CCOc1ccc(NC(=O)COc2ccc(S(=O)(=O)Nc3ccccc3C)cc2)cc1. The molecule has 8 heteroatoms. The van der Waals surface area contributed by atoms with Gasteiger partial charge < -0.3 is 14.8 Å². The average Bonchev–Trinajstić information content (AvgIpc) is 2.76. The van der Waals surface area contributed by atoms with Gasteiger partial charge in [0.25, 0.3) is 15.9 Å². The molecule has 0 aliphatic rings. The van der Waals surface area contributed by atoms with Crippen molar-refractivity contribution in [1.82, 2.24) is 0 Å². The van der Waals surface area contributed by atoms with Gasteiger partial charge in [-0.05, 0) is 74.0 Å². The number of hydrogen-bond acceptors (Lipinski definition) is 5. The van der Waals surface area contributed by atoms with Crippen LogP contribution in [0, 0.1) is 6.92 Å². The Kier molecular flexibility index (Phi) is 7.15. The second kappa shape index (κ2) is 9.99. The minimum absolute atomic E-state index is 0.0990. The van der Waals surface area contributed by atoms with Gasteiger partial charge in [-0.2, -0.15) is 0 Å². The summed E-state index contributed by atoms with van der Waals surface area (Å²) in [6, 6.07) is 20.0. The lowest BCUT2D eigenvalue weighted by Crippen LogP contribution is -2.20. The highest BCUT2D eigenvalue weighted by molar-refractivity contribution is 7.92. The summed E-state index contributed by atoms with van der Waals surface area (Å²) in [5.41, 5.74) is 1.97. The molecule has 31 heavy (non-hydrogen) atoms. The number of benzene rings is 3. The first kappa shape index (κ1) is 22.2. The van der Waals surface area contributed by atoms with Crippen molar-refractivity contribution in [1.29, 1.82) is 0 Å². The summed E-state index contributed by atoms with van der Waals surface area (Å²) in [5, 5.41) is 2.72. The van der Waals surface area contributed by atoms with Crippen molar-refractivity contribution >= 4 is 27.3 Å². The van der Waals surface area contributed by atoms with Crippen LogP contribution in [0.1, 0.15) is 12.5 Å². The maximum Gasteiger partial charge on any atom is 0.262 e. The van der Waals surface area contributed by atoms with Gasteiger partial charge in [-0.3, -0.25) is 9.52 Å². The summed E-state index contributed by atoms with van der Waals surface area (Å²) in [7, 11) is -3.73. The van der Waals surface area contributed by atoms with Gasteiger partial charge in [-0.15, -0.1) is 0 Å². The van der Waals surface area contributed by atoms with Crippen LogP contribution in [0.5, 0.6) is 11.5 Å². The molecule has 0 saturated heterocycles. The van der Waals surface area contributed by atoms with Crippen LogP contribution in [0.15, 0.2) is 77.7 Å². The van der Waals surface area contributed by atoms with E-state index in [2.05, 4.69) is 10.0 Å². The minimum atomic E-state index is -3.73. The number of aryl methyl sites for hydroxylation is 1. The average molecular weight is 441 g/mol. The van der Waals surface area contributed by atoms with Gasteiger partial charge >= 0.3 is 0 Å². The molecule has 0 heterocycles. The third-order valence-electron chi connectivity index (χ3n) is 4.34. The molecule has 3 rings (SSSR count). The van der Waals surface area contributed by atoms with Gasteiger partial charge in [0.05, 0.1) is 17.2 Å². The number of carbonyl (C=O) groups is 1. The van der Waals surface area contributed by atoms with E-state index >= 15 is 0 Å². The molecule has 1 amide bonds. The summed E-state index contributed by atoms with van der Waals surface area (Å²) in [6.07, 6.45) is 0. The maximum absolute atomic E-state index is 12.6. The van der Waals surface area contributed by atoms with Gasteiger partial charge in [0, 0.05) is 5.69 Å². The molecule has 0 saturated carbocycles. The molecule has 3 aromatic carbocycles. The van der Waals surface area contributed by atoms with E-state index in [0.717, 1.165) is 11.3 Å². The molecule has 0 spiro atoms. The lowest BCUT2D eigenvalue weighted by atomic mass is 10.2. The van der Waals surface area contributed by atoms with Crippen LogP contribution >= 0.6 is 0 Å². The monoisotopic (exact) mass is 440 g/mol. The molecule has 0 aliphatic carbocycles. The fraction of sp³-hybridized carbons (Fsp3) is 0.174. The molecule has 0 bridgehead atoms. The zero-order valence-corrected chi connectivity index (χ0v) is 18.1. The highest BCUT2D eigenvalue weighted by Gasteiger charge is 2.15. The van der Waals surface area contributed by atoms with Crippen molar-refractivity contribution in [2.45, 2.75) is 18.7 Å². The summed E-state index contributed by atoms with van der Waals surface area (Å²) in [4.78, 5) is 12.2. The topological polar surface area (TPSA) is 93.7 Å². The van der Waals surface area contributed by atoms with E-state index in [1.165, 1.54) is 24.3 Å². The van der Waals surface area contributed by atoms with E-state index in [1.54, 1.807) is 36.4 Å². The first-order chi connectivity index (χ1) is 14.9. The maximum atomic E-state index is 12.6. The van der Waals surface area contributed by atoms with Crippen molar-refractivity contribution in [2.75, 3.05) is 23.3 Å². The Hall–Kier alpha value is -3.52. The van der Waals surface area contributed by atoms with Gasteiger partial charge in [0.15, 0.2) is 6.61 Å². The smallest absolute Gasteiger partial charge is 0.262 e. The van der Waals surface area contributed by atoms with E-state index in [-0.39, 0.29) is 17.4 Å². The first-order valence-electron chi connectivity index (χ1n) is 9.71. The largest absolute Gasteiger partial charge is 0.494 e. The van der Waals surface area contributed by atoms with Gasteiger partial charge in [0.1, 0.15) is 11.5 Å². The van der Waals surface area contributed by atoms with Crippen LogP contribution in [0.3, 0.4) is 0 Å². The molecule has 3 aromatic rings. The molecular formula is C23H24N2O5S. The van der Waals surface area contributed by atoms with Crippen LogP contribution in [0.2, 0.25) is 0 Å². The molecule has 0 atom stereocenters. The Morgan fingerprint density at radius 1 is 0.871 bits per heavy atom.